The van der Waals surface area contributed by atoms with Crippen LogP contribution in [0.2, 0.25) is 0 Å². The minimum Gasteiger partial charge on any atom is -0.443 e. The molecule has 1 aliphatic rings. The number of halogens is 3. The molecule has 2 atom stereocenters. The zero-order chi connectivity index (χ0) is 27.8. The van der Waals surface area contributed by atoms with E-state index < -0.39 is 44.5 Å². The molecule has 5 rings (SSSR count). The number of sulfonamides is 1. The Hall–Kier alpha value is -3.48. The zero-order valence-corrected chi connectivity index (χ0v) is 22.0. The fraction of sp³-hybridized carbons (Fsp3) is 0.222. The van der Waals surface area contributed by atoms with Crippen LogP contribution in [0.25, 0.3) is 11.0 Å². The molecule has 2 heterocycles. The van der Waals surface area contributed by atoms with Gasteiger partial charge in [0.1, 0.15) is 11.6 Å². The number of hydrogen-bond acceptors (Lipinski definition) is 5. The SMILES string of the molecule is O=C(NCc1cccc(S(=O)c2ccc(C(F)(F)F)cc2)c1)[C@@H]1CCCN1S(=O)(=O)c1cc2ccccc2o1. The molecular formula is C27H23F3N2O5S2. The van der Waals surface area contributed by atoms with Gasteiger partial charge < -0.3 is 9.73 Å². The first kappa shape index (κ1) is 27.1. The molecule has 0 saturated carbocycles. The van der Waals surface area contributed by atoms with E-state index in [-0.39, 0.29) is 23.1 Å². The van der Waals surface area contributed by atoms with E-state index in [2.05, 4.69) is 5.32 Å². The van der Waals surface area contributed by atoms with Gasteiger partial charge in [-0.05, 0) is 60.9 Å². The van der Waals surface area contributed by atoms with Crippen LogP contribution >= 0.6 is 0 Å². The number of carbonyl (C=O) groups excluding carboxylic acids is 1. The normalized spacial score (nSPS) is 17.4. The molecule has 12 heteroatoms. The quantitative estimate of drug-likeness (QED) is 0.331. The molecule has 0 spiro atoms. The van der Waals surface area contributed by atoms with Crippen molar-refractivity contribution in [3.8, 4) is 0 Å². The molecule has 1 saturated heterocycles. The summed E-state index contributed by atoms with van der Waals surface area (Å²) in [5.41, 5.74) is 0.207. The third kappa shape index (κ3) is 5.63. The lowest BCUT2D eigenvalue weighted by molar-refractivity contribution is -0.137. The second-order valence-electron chi connectivity index (χ2n) is 9.03. The summed E-state index contributed by atoms with van der Waals surface area (Å²) in [6, 6.07) is 18.1. The van der Waals surface area contributed by atoms with Crippen molar-refractivity contribution >= 4 is 37.7 Å². The second-order valence-corrected chi connectivity index (χ2v) is 12.3. The summed E-state index contributed by atoms with van der Waals surface area (Å²) in [5.74, 6) is -0.471. The summed E-state index contributed by atoms with van der Waals surface area (Å²) in [6.07, 6.45) is -3.62. The number of para-hydroxylation sites is 1. The third-order valence-electron chi connectivity index (χ3n) is 6.45. The first-order valence-corrected chi connectivity index (χ1v) is 14.6. The lowest BCUT2D eigenvalue weighted by Gasteiger charge is -2.22. The summed E-state index contributed by atoms with van der Waals surface area (Å²) < 4.78 is 84.7. The average molecular weight is 577 g/mol. The lowest BCUT2D eigenvalue weighted by atomic mass is 10.2. The average Bonchev–Trinajstić information content (AvgIpc) is 3.60. The number of hydrogen-bond donors (Lipinski definition) is 1. The van der Waals surface area contributed by atoms with Gasteiger partial charge in [0.05, 0.1) is 16.4 Å². The monoisotopic (exact) mass is 576 g/mol. The van der Waals surface area contributed by atoms with Crippen LogP contribution in [-0.4, -0.2) is 35.4 Å². The van der Waals surface area contributed by atoms with E-state index in [0.717, 1.165) is 16.4 Å². The molecule has 4 aromatic rings. The number of nitrogens with zero attached hydrogens (tertiary/aromatic N) is 1. The van der Waals surface area contributed by atoms with E-state index >= 15 is 0 Å². The van der Waals surface area contributed by atoms with Crippen LogP contribution in [0, 0.1) is 0 Å². The smallest absolute Gasteiger partial charge is 0.416 e. The Morgan fingerprint density at radius 2 is 1.74 bits per heavy atom. The summed E-state index contributed by atoms with van der Waals surface area (Å²) >= 11 is 0. The van der Waals surface area contributed by atoms with Crippen LogP contribution in [0.15, 0.2) is 98.2 Å². The molecule has 1 unspecified atom stereocenters. The maximum Gasteiger partial charge on any atom is 0.416 e. The Bertz CT molecular complexity index is 1620. The van der Waals surface area contributed by atoms with Crippen molar-refractivity contribution in [2.24, 2.45) is 0 Å². The van der Waals surface area contributed by atoms with Gasteiger partial charge in [0.15, 0.2) is 0 Å². The van der Waals surface area contributed by atoms with Gasteiger partial charge in [-0.1, -0.05) is 30.3 Å². The number of rotatable bonds is 7. The standard InChI is InChI=1S/C27H23F3N2O5S2/c28-27(29,30)20-10-12-21(13-11-20)38(34)22-7-3-5-18(15-22)17-31-26(33)23-8-4-14-32(23)39(35,36)25-16-19-6-1-2-9-24(19)37-25/h1-3,5-7,9-13,15-16,23H,4,8,14,17H2,(H,31,33)/t23-,38?/m0/s1. The second kappa shape index (κ2) is 10.6. The molecule has 1 fully saturated rings. The number of amides is 1. The highest BCUT2D eigenvalue weighted by molar-refractivity contribution is 7.89. The van der Waals surface area contributed by atoms with Crippen LogP contribution in [0.4, 0.5) is 13.2 Å². The molecule has 0 aliphatic carbocycles. The van der Waals surface area contributed by atoms with Crippen molar-refractivity contribution in [3.05, 3.63) is 90.0 Å². The van der Waals surface area contributed by atoms with Crippen molar-refractivity contribution in [1.29, 1.82) is 0 Å². The molecule has 3 aromatic carbocycles. The molecule has 1 N–H and O–H groups in total. The number of fused-ring (bicyclic) bond motifs is 1. The number of alkyl halides is 3. The van der Waals surface area contributed by atoms with Crippen LogP contribution in [0.5, 0.6) is 0 Å². The molecular weight excluding hydrogens is 553 g/mol. The van der Waals surface area contributed by atoms with E-state index in [1.807, 2.05) is 0 Å². The Labute approximate surface area is 225 Å². The van der Waals surface area contributed by atoms with Gasteiger partial charge >= 0.3 is 6.18 Å². The molecule has 1 aromatic heterocycles. The predicted octanol–water partition coefficient (Wildman–Crippen LogP) is 5.09. The largest absolute Gasteiger partial charge is 0.443 e. The first-order chi connectivity index (χ1) is 18.5. The Kier molecular flexibility index (Phi) is 7.36. The van der Waals surface area contributed by atoms with Crippen LogP contribution < -0.4 is 5.32 Å². The van der Waals surface area contributed by atoms with Gasteiger partial charge in [0.2, 0.25) is 11.0 Å². The van der Waals surface area contributed by atoms with Crippen molar-refractivity contribution < 1.29 is 35.0 Å². The fourth-order valence-electron chi connectivity index (χ4n) is 4.47. The molecule has 204 valence electrons. The maximum atomic E-state index is 13.3. The molecule has 0 radical (unpaired) electrons. The van der Waals surface area contributed by atoms with Crippen LogP contribution in [-0.2, 0) is 38.3 Å². The van der Waals surface area contributed by atoms with Gasteiger partial charge in [0.25, 0.3) is 10.0 Å². The van der Waals surface area contributed by atoms with E-state index in [4.69, 9.17) is 4.42 Å². The van der Waals surface area contributed by atoms with Gasteiger partial charge in [-0.3, -0.25) is 4.79 Å². The minimum absolute atomic E-state index is 0.0475. The molecule has 1 amide bonds. The maximum absolute atomic E-state index is 13.3. The highest BCUT2D eigenvalue weighted by Crippen LogP contribution is 2.31. The van der Waals surface area contributed by atoms with Crippen LogP contribution in [0.3, 0.4) is 0 Å². The topological polar surface area (TPSA) is 96.7 Å². The predicted molar refractivity (Wildman–Crippen MR) is 138 cm³/mol. The highest BCUT2D eigenvalue weighted by Gasteiger charge is 2.41. The minimum atomic E-state index is -4.49. The third-order valence-corrected chi connectivity index (χ3v) is 9.59. The molecule has 0 bridgehead atoms. The molecule has 7 nitrogen and oxygen atoms in total. The highest BCUT2D eigenvalue weighted by atomic mass is 32.2. The van der Waals surface area contributed by atoms with E-state index in [1.54, 1.807) is 48.5 Å². The Morgan fingerprint density at radius 3 is 2.46 bits per heavy atom. The van der Waals surface area contributed by atoms with Crippen LogP contribution in [0.1, 0.15) is 24.0 Å². The van der Waals surface area contributed by atoms with E-state index in [9.17, 15) is 30.6 Å². The van der Waals surface area contributed by atoms with Gasteiger partial charge in [-0.2, -0.15) is 17.5 Å². The first-order valence-electron chi connectivity index (χ1n) is 12.0. The summed E-state index contributed by atoms with van der Waals surface area (Å²) in [4.78, 5) is 13.6. The number of carbonyl (C=O) groups is 1. The Morgan fingerprint density at radius 1 is 1.00 bits per heavy atom. The molecule has 39 heavy (non-hydrogen) atoms. The summed E-state index contributed by atoms with van der Waals surface area (Å²) in [6.45, 7) is 0.227. The number of nitrogens with one attached hydrogen (secondary N) is 1. The van der Waals surface area contributed by atoms with Crippen molar-refractivity contribution in [1.82, 2.24) is 9.62 Å². The molecule has 1 aliphatic heterocycles. The number of furan rings is 1. The lowest BCUT2D eigenvalue weighted by Crippen LogP contribution is -2.45. The van der Waals surface area contributed by atoms with Crippen molar-refractivity contribution in [2.45, 2.75) is 46.5 Å². The summed E-state index contributed by atoms with van der Waals surface area (Å²) in [5, 5.41) is 3.17. The van der Waals surface area contributed by atoms with Gasteiger partial charge in [-0.15, -0.1) is 0 Å². The summed E-state index contributed by atoms with van der Waals surface area (Å²) in [7, 11) is -5.78. The van der Waals surface area contributed by atoms with Crippen molar-refractivity contribution in [3.63, 3.8) is 0 Å². The fourth-order valence-corrected chi connectivity index (χ4v) is 7.20. The van der Waals surface area contributed by atoms with E-state index in [0.29, 0.717) is 34.3 Å². The van der Waals surface area contributed by atoms with E-state index in [1.165, 1.54) is 18.2 Å². The Balaban J connectivity index is 1.26. The van der Waals surface area contributed by atoms with Gasteiger partial charge in [-0.25, -0.2) is 12.6 Å². The van der Waals surface area contributed by atoms with Gasteiger partial charge in [0, 0.05) is 34.3 Å². The zero-order valence-electron chi connectivity index (χ0n) is 20.4. The van der Waals surface area contributed by atoms with Crippen molar-refractivity contribution in [2.75, 3.05) is 6.54 Å². The number of benzene rings is 3.